The summed E-state index contributed by atoms with van der Waals surface area (Å²) in [5.41, 5.74) is -1.10. The van der Waals surface area contributed by atoms with Gasteiger partial charge in [-0.1, -0.05) is 26.0 Å². The van der Waals surface area contributed by atoms with Crippen LogP contribution >= 0.6 is 0 Å². The molecule has 1 atom stereocenters. The molecule has 0 spiro atoms. The lowest BCUT2D eigenvalue weighted by Gasteiger charge is -2.28. The Balaban J connectivity index is 2.57. The number of aliphatic carboxylic acids is 1. The standard InChI is InChI=1S/C13H21NO3/c1-3-13(4-2,12(16)17)14-11(15)9-10-7-5-6-8-10/h5,7,10H,3-4,6,8-9H2,1-2H3,(H,14,15)(H,16,17). The van der Waals surface area contributed by atoms with Gasteiger partial charge in [0.05, 0.1) is 0 Å². The number of nitrogens with one attached hydrogen (secondary N) is 1. The van der Waals surface area contributed by atoms with Crippen LogP contribution < -0.4 is 5.32 Å². The predicted octanol–water partition coefficient (Wildman–Crippen LogP) is 2.10. The first kappa shape index (κ1) is 13.7. The number of rotatable bonds is 6. The van der Waals surface area contributed by atoms with Crippen LogP contribution in [-0.2, 0) is 9.59 Å². The molecule has 0 aromatic heterocycles. The SMILES string of the molecule is CCC(CC)(NC(=O)CC1C=CCC1)C(=O)O. The largest absolute Gasteiger partial charge is 0.480 e. The molecule has 0 radical (unpaired) electrons. The summed E-state index contributed by atoms with van der Waals surface area (Å²) in [7, 11) is 0. The quantitative estimate of drug-likeness (QED) is 0.697. The van der Waals surface area contributed by atoms with Gasteiger partial charge in [-0.25, -0.2) is 4.79 Å². The summed E-state index contributed by atoms with van der Waals surface area (Å²) in [5, 5.41) is 11.9. The summed E-state index contributed by atoms with van der Waals surface area (Å²) in [5.74, 6) is -0.833. The van der Waals surface area contributed by atoms with E-state index in [0.717, 1.165) is 12.8 Å². The Morgan fingerprint density at radius 3 is 2.47 bits per heavy atom. The molecule has 4 nitrogen and oxygen atoms in total. The van der Waals surface area contributed by atoms with Crippen molar-refractivity contribution in [1.82, 2.24) is 5.32 Å². The zero-order valence-corrected chi connectivity index (χ0v) is 10.5. The van der Waals surface area contributed by atoms with Crippen LogP contribution in [0.25, 0.3) is 0 Å². The van der Waals surface area contributed by atoms with Gasteiger partial charge in [-0.3, -0.25) is 4.79 Å². The third-order valence-corrected chi connectivity index (χ3v) is 3.56. The molecule has 1 amide bonds. The highest BCUT2D eigenvalue weighted by atomic mass is 16.4. The molecule has 0 bridgehead atoms. The number of carbonyl (C=O) groups excluding carboxylic acids is 1. The average molecular weight is 239 g/mol. The van der Waals surface area contributed by atoms with Crippen LogP contribution in [0.15, 0.2) is 12.2 Å². The minimum Gasteiger partial charge on any atom is -0.480 e. The second kappa shape index (κ2) is 5.84. The lowest BCUT2D eigenvalue weighted by Crippen LogP contribution is -2.53. The molecule has 2 N–H and O–H groups in total. The maximum absolute atomic E-state index is 11.8. The summed E-state index contributed by atoms with van der Waals surface area (Å²) >= 11 is 0. The van der Waals surface area contributed by atoms with Crippen LogP contribution in [0.3, 0.4) is 0 Å². The normalized spacial score (nSPS) is 19.3. The fraction of sp³-hybridized carbons (Fsp3) is 0.692. The molecule has 1 aliphatic carbocycles. The molecule has 1 unspecified atom stereocenters. The van der Waals surface area contributed by atoms with Crippen molar-refractivity contribution < 1.29 is 14.7 Å². The maximum atomic E-state index is 11.8. The summed E-state index contributed by atoms with van der Waals surface area (Å²) < 4.78 is 0. The molecule has 17 heavy (non-hydrogen) atoms. The number of carboxylic acid groups (broad SMARTS) is 1. The van der Waals surface area contributed by atoms with E-state index in [0.29, 0.717) is 19.3 Å². The lowest BCUT2D eigenvalue weighted by atomic mass is 9.92. The van der Waals surface area contributed by atoms with Crippen molar-refractivity contribution >= 4 is 11.9 Å². The zero-order chi connectivity index (χ0) is 12.9. The van der Waals surface area contributed by atoms with Crippen LogP contribution in [0.2, 0.25) is 0 Å². The van der Waals surface area contributed by atoms with Crippen molar-refractivity contribution in [3.8, 4) is 0 Å². The van der Waals surface area contributed by atoms with Crippen molar-refractivity contribution in [3.05, 3.63) is 12.2 Å². The topological polar surface area (TPSA) is 66.4 Å². The summed E-state index contributed by atoms with van der Waals surface area (Å²) in [6, 6.07) is 0. The summed E-state index contributed by atoms with van der Waals surface area (Å²) in [4.78, 5) is 23.1. The molecule has 4 heteroatoms. The van der Waals surface area contributed by atoms with Crippen molar-refractivity contribution in [2.75, 3.05) is 0 Å². The van der Waals surface area contributed by atoms with Crippen molar-refractivity contribution in [2.24, 2.45) is 5.92 Å². The fourth-order valence-electron chi connectivity index (χ4n) is 2.20. The van der Waals surface area contributed by atoms with Crippen LogP contribution in [0.4, 0.5) is 0 Å². The Labute approximate surface area is 102 Å². The molecule has 0 aromatic rings. The molecule has 1 aliphatic rings. The molecular weight excluding hydrogens is 218 g/mol. The summed E-state index contributed by atoms with van der Waals surface area (Å²) in [6.45, 7) is 3.57. The Kier molecular flexibility index (Phi) is 4.73. The Morgan fingerprint density at radius 2 is 2.06 bits per heavy atom. The van der Waals surface area contributed by atoms with Gasteiger partial charge in [0.1, 0.15) is 5.54 Å². The highest BCUT2D eigenvalue weighted by Crippen LogP contribution is 2.22. The third-order valence-electron chi connectivity index (χ3n) is 3.56. The zero-order valence-electron chi connectivity index (χ0n) is 10.5. The number of carbonyl (C=O) groups is 2. The van der Waals surface area contributed by atoms with E-state index in [-0.39, 0.29) is 11.8 Å². The maximum Gasteiger partial charge on any atom is 0.329 e. The van der Waals surface area contributed by atoms with Gasteiger partial charge in [-0.05, 0) is 31.6 Å². The van der Waals surface area contributed by atoms with E-state index in [1.54, 1.807) is 13.8 Å². The predicted molar refractivity (Wildman–Crippen MR) is 65.6 cm³/mol. The van der Waals surface area contributed by atoms with Gasteiger partial charge in [-0.2, -0.15) is 0 Å². The van der Waals surface area contributed by atoms with Crippen LogP contribution in [-0.4, -0.2) is 22.5 Å². The Morgan fingerprint density at radius 1 is 1.41 bits per heavy atom. The van der Waals surface area contributed by atoms with E-state index in [9.17, 15) is 14.7 Å². The molecule has 0 heterocycles. The highest BCUT2D eigenvalue weighted by molar-refractivity contribution is 5.87. The van der Waals surface area contributed by atoms with Crippen LogP contribution in [0, 0.1) is 5.92 Å². The van der Waals surface area contributed by atoms with Gasteiger partial charge in [-0.15, -0.1) is 0 Å². The second-order valence-electron chi connectivity index (χ2n) is 4.61. The third kappa shape index (κ3) is 3.32. The van der Waals surface area contributed by atoms with Crippen molar-refractivity contribution in [3.63, 3.8) is 0 Å². The molecule has 0 aromatic carbocycles. The van der Waals surface area contributed by atoms with Crippen LogP contribution in [0.1, 0.15) is 46.0 Å². The lowest BCUT2D eigenvalue weighted by molar-refractivity contribution is -0.148. The molecule has 0 fully saturated rings. The van der Waals surface area contributed by atoms with E-state index in [1.165, 1.54) is 0 Å². The van der Waals surface area contributed by atoms with E-state index in [4.69, 9.17) is 0 Å². The Hall–Kier alpha value is -1.32. The molecule has 0 saturated carbocycles. The summed E-state index contributed by atoms with van der Waals surface area (Å²) in [6.07, 6.45) is 7.33. The number of hydrogen-bond donors (Lipinski definition) is 2. The molecular formula is C13H21NO3. The van der Waals surface area contributed by atoms with Gasteiger partial charge >= 0.3 is 5.97 Å². The highest BCUT2D eigenvalue weighted by Gasteiger charge is 2.36. The molecule has 1 rings (SSSR count). The van der Waals surface area contributed by atoms with E-state index < -0.39 is 11.5 Å². The van der Waals surface area contributed by atoms with E-state index >= 15 is 0 Å². The average Bonchev–Trinajstić information content (AvgIpc) is 2.78. The smallest absolute Gasteiger partial charge is 0.329 e. The first-order chi connectivity index (χ1) is 8.04. The first-order valence-electron chi connectivity index (χ1n) is 6.25. The minimum atomic E-state index is -1.10. The number of allylic oxidation sites excluding steroid dienone is 2. The molecule has 96 valence electrons. The van der Waals surface area contributed by atoms with Gasteiger partial charge in [0.15, 0.2) is 0 Å². The van der Waals surface area contributed by atoms with Crippen molar-refractivity contribution in [1.29, 1.82) is 0 Å². The van der Waals surface area contributed by atoms with Gasteiger partial charge in [0, 0.05) is 6.42 Å². The number of hydrogen-bond acceptors (Lipinski definition) is 2. The minimum absolute atomic E-state index is 0.160. The number of amides is 1. The molecule has 0 aliphatic heterocycles. The van der Waals surface area contributed by atoms with Crippen molar-refractivity contribution in [2.45, 2.75) is 51.5 Å². The number of carboxylic acids is 1. The second-order valence-corrected chi connectivity index (χ2v) is 4.61. The van der Waals surface area contributed by atoms with Gasteiger partial charge in [0.2, 0.25) is 5.91 Å². The monoisotopic (exact) mass is 239 g/mol. The van der Waals surface area contributed by atoms with Crippen LogP contribution in [0.5, 0.6) is 0 Å². The van der Waals surface area contributed by atoms with E-state index in [1.807, 2.05) is 6.08 Å². The first-order valence-corrected chi connectivity index (χ1v) is 6.25. The van der Waals surface area contributed by atoms with E-state index in [2.05, 4.69) is 11.4 Å². The Bertz CT molecular complexity index is 319. The molecule has 0 saturated heterocycles. The van der Waals surface area contributed by atoms with Gasteiger partial charge < -0.3 is 10.4 Å². The van der Waals surface area contributed by atoms with Gasteiger partial charge in [0.25, 0.3) is 0 Å². The fourth-order valence-corrected chi connectivity index (χ4v) is 2.20.